The Hall–Kier alpha value is -1.81. The first-order valence-electron chi connectivity index (χ1n) is 6.72. The van der Waals surface area contributed by atoms with Crippen LogP contribution in [-0.4, -0.2) is 23.6 Å². The van der Waals surface area contributed by atoms with E-state index in [1.165, 1.54) is 5.56 Å². The first-order valence-corrected chi connectivity index (χ1v) is 7.10. The molecular formula is C15H19ClN4. The van der Waals surface area contributed by atoms with E-state index in [2.05, 4.69) is 34.3 Å². The number of hydrogen-bond acceptors (Lipinski definition) is 4. The molecule has 0 unspecified atom stereocenters. The van der Waals surface area contributed by atoms with Crippen LogP contribution >= 0.6 is 11.6 Å². The monoisotopic (exact) mass is 290 g/mol. The molecule has 20 heavy (non-hydrogen) atoms. The van der Waals surface area contributed by atoms with E-state index in [1.807, 2.05) is 30.1 Å². The zero-order chi connectivity index (χ0) is 14.4. The SMILES string of the molecule is CCCNc1ncc(Cl)c(N(C)Cc2ccccc2)n1. The highest BCUT2D eigenvalue weighted by atomic mass is 35.5. The lowest BCUT2D eigenvalue weighted by Crippen LogP contribution is -2.19. The number of benzene rings is 1. The standard InChI is InChI=1S/C15H19ClN4/c1-3-9-17-15-18-10-13(16)14(19-15)20(2)11-12-7-5-4-6-8-12/h4-8,10H,3,9,11H2,1-2H3,(H,17,18,19). The Kier molecular flexibility index (Phi) is 5.18. The number of nitrogens with zero attached hydrogens (tertiary/aromatic N) is 3. The van der Waals surface area contributed by atoms with Crippen LogP contribution in [0, 0.1) is 0 Å². The van der Waals surface area contributed by atoms with Gasteiger partial charge in [-0.25, -0.2) is 4.98 Å². The van der Waals surface area contributed by atoms with Crippen molar-refractivity contribution in [3.8, 4) is 0 Å². The van der Waals surface area contributed by atoms with Crippen molar-refractivity contribution in [3.63, 3.8) is 0 Å². The van der Waals surface area contributed by atoms with Crippen LogP contribution in [0.5, 0.6) is 0 Å². The van der Waals surface area contributed by atoms with Crippen LogP contribution in [0.1, 0.15) is 18.9 Å². The summed E-state index contributed by atoms with van der Waals surface area (Å²) in [6.45, 7) is 3.71. The van der Waals surface area contributed by atoms with Crippen molar-refractivity contribution >= 4 is 23.4 Å². The van der Waals surface area contributed by atoms with E-state index < -0.39 is 0 Å². The molecule has 0 fully saturated rings. The fraction of sp³-hybridized carbons (Fsp3) is 0.333. The molecule has 0 aliphatic rings. The van der Waals surface area contributed by atoms with Crippen LogP contribution in [0.3, 0.4) is 0 Å². The zero-order valence-electron chi connectivity index (χ0n) is 11.8. The van der Waals surface area contributed by atoms with Gasteiger partial charge in [-0.15, -0.1) is 0 Å². The van der Waals surface area contributed by atoms with Crippen LogP contribution in [0.2, 0.25) is 5.02 Å². The molecule has 0 spiro atoms. The summed E-state index contributed by atoms with van der Waals surface area (Å²) < 4.78 is 0. The van der Waals surface area contributed by atoms with Crippen LogP contribution in [-0.2, 0) is 6.54 Å². The average Bonchev–Trinajstić information content (AvgIpc) is 2.47. The topological polar surface area (TPSA) is 41.1 Å². The second-order valence-electron chi connectivity index (χ2n) is 4.63. The van der Waals surface area contributed by atoms with Gasteiger partial charge in [-0.1, -0.05) is 48.9 Å². The lowest BCUT2D eigenvalue weighted by Gasteiger charge is -2.20. The third-order valence-corrected chi connectivity index (χ3v) is 3.15. The van der Waals surface area contributed by atoms with Gasteiger partial charge in [0.1, 0.15) is 5.02 Å². The van der Waals surface area contributed by atoms with Crippen LogP contribution in [0.25, 0.3) is 0 Å². The Morgan fingerprint density at radius 3 is 2.70 bits per heavy atom. The maximum absolute atomic E-state index is 6.20. The fourth-order valence-electron chi connectivity index (χ4n) is 1.88. The predicted molar refractivity (Wildman–Crippen MR) is 84.4 cm³/mol. The minimum absolute atomic E-state index is 0.561. The molecule has 1 aromatic heterocycles. The van der Waals surface area contributed by atoms with Crippen molar-refractivity contribution in [3.05, 3.63) is 47.1 Å². The van der Waals surface area contributed by atoms with Crippen LogP contribution in [0.15, 0.2) is 36.5 Å². The number of anilines is 2. The molecule has 0 atom stereocenters. The highest BCUT2D eigenvalue weighted by Gasteiger charge is 2.10. The smallest absolute Gasteiger partial charge is 0.224 e. The van der Waals surface area contributed by atoms with E-state index in [0.29, 0.717) is 11.0 Å². The van der Waals surface area contributed by atoms with Gasteiger partial charge in [-0.2, -0.15) is 4.98 Å². The van der Waals surface area contributed by atoms with Gasteiger partial charge in [0.2, 0.25) is 5.95 Å². The fourth-order valence-corrected chi connectivity index (χ4v) is 2.12. The number of nitrogens with one attached hydrogen (secondary N) is 1. The van der Waals surface area contributed by atoms with E-state index in [-0.39, 0.29) is 0 Å². The molecule has 0 aliphatic carbocycles. The van der Waals surface area contributed by atoms with Crippen molar-refractivity contribution in [1.29, 1.82) is 0 Å². The van der Waals surface area contributed by atoms with Gasteiger partial charge >= 0.3 is 0 Å². The summed E-state index contributed by atoms with van der Waals surface area (Å²) in [7, 11) is 1.98. The normalized spacial score (nSPS) is 10.3. The quantitative estimate of drug-likeness (QED) is 0.883. The minimum atomic E-state index is 0.561. The Morgan fingerprint density at radius 1 is 1.25 bits per heavy atom. The molecule has 0 saturated heterocycles. The van der Waals surface area contributed by atoms with Gasteiger partial charge in [-0.3, -0.25) is 0 Å². The van der Waals surface area contributed by atoms with E-state index in [0.717, 1.165) is 25.3 Å². The summed E-state index contributed by atoms with van der Waals surface area (Å²) in [6.07, 6.45) is 2.67. The summed E-state index contributed by atoms with van der Waals surface area (Å²) in [4.78, 5) is 10.7. The van der Waals surface area contributed by atoms with Gasteiger partial charge in [0.05, 0.1) is 6.20 Å². The van der Waals surface area contributed by atoms with Crippen molar-refractivity contribution in [2.24, 2.45) is 0 Å². The molecule has 1 aromatic carbocycles. The Labute approximate surface area is 124 Å². The molecule has 1 N–H and O–H groups in total. The molecule has 0 radical (unpaired) electrons. The average molecular weight is 291 g/mol. The van der Waals surface area contributed by atoms with Crippen LogP contribution < -0.4 is 10.2 Å². The summed E-state index contributed by atoms with van der Waals surface area (Å²) in [5.74, 6) is 1.36. The number of halogens is 1. The van der Waals surface area contributed by atoms with Gasteiger partial charge < -0.3 is 10.2 Å². The first-order chi connectivity index (χ1) is 9.70. The van der Waals surface area contributed by atoms with Gasteiger partial charge in [0.25, 0.3) is 0 Å². The molecule has 5 heteroatoms. The molecule has 0 aliphatic heterocycles. The number of aromatic nitrogens is 2. The molecule has 1 heterocycles. The molecule has 2 rings (SSSR count). The molecule has 106 valence electrons. The van der Waals surface area contributed by atoms with E-state index in [9.17, 15) is 0 Å². The van der Waals surface area contributed by atoms with Gasteiger partial charge in [-0.05, 0) is 12.0 Å². The van der Waals surface area contributed by atoms with E-state index in [4.69, 9.17) is 11.6 Å². The lowest BCUT2D eigenvalue weighted by molar-refractivity contribution is 0.884. The molecule has 4 nitrogen and oxygen atoms in total. The van der Waals surface area contributed by atoms with Crippen molar-refractivity contribution in [1.82, 2.24) is 9.97 Å². The van der Waals surface area contributed by atoms with Crippen molar-refractivity contribution in [2.45, 2.75) is 19.9 Å². The highest BCUT2D eigenvalue weighted by Crippen LogP contribution is 2.24. The highest BCUT2D eigenvalue weighted by molar-refractivity contribution is 6.32. The second-order valence-corrected chi connectivity index (χ2v) is 5.04. The Balaban J connectivity index is 2.13. The molecular weight excluding hydrogens is 272 g/mol. The second kappa shape index (κ2) is 7.10. The first kappa shape index (κ1) is 14.6. The Morgan fingerprint density at radius 2 is 2.00 bits per heavy atom. The molecule has 0 bridgehead atoms. The summed E-state index contributed by atoms with van der Waals surface area (Å²) in [5, 5.41) is 3.73. The summed E-state index contributed by atoms with van der Waals surface area (Å²) in [6, 6.07) is 10.2. The number of rotatable bonds is 6. The van der Waals surface area contributed by atoms with E-state index in [1.54, 1.807) is 6.20 Å². The predicted octanol–water partition coefficient (Wildman–Crippen LogP) is 3.59. The third-order valence-electron chi connectivity index (χ3n) is 2.88. The molecule has 2 aromatic rings. The maximum atomic E-state index is 6.20. The molecule has 0 saturated carbocycles. The van der Waals surface area contributed by atoms with Crippen LogP contribution in [0.4, 0.5) is 11.8 Å². The molecule has 0 amide bonds. The third kappa shape index (κ3) is 3.84. The Bertz CT molecular complexity index is 545. The minimum Gasteiger partial charge on any atom is -0.354 e. The number of hydrogen-bond donors (Lipinski definition) is 1. The largest absolute Gasteiger partial charge is 0.354 e. The maximum Gasteiger partial charge on any atom is 0.224 e. The van der Waals surface area contributed by atoms with Gasteiger partial charge in [0.15, 0.2) is 5.82 Å². The summed E-state index contributed by atoms with van der Waals surface area (Å²) in [5.41, 5.74) is 1.22. The lowest BCUT2D eigenvalue weighted by atomic mass is 10.2. The zero-order valence-corrected chi connectivity index (χ0v) is 12.6. The van der Waals surface area contributed by atoms with Crippen molar-refractivity contribution in [2.75, 3.05) is 23.8 Å². The van der Waals surface area contributed by atoms with E-state index >= 15 is 0 Å². The van der Waals surface area contributed by atoms with Crippen molar-refractivity contribution < 1.29 is 0 Å². The van der Waals surface area contributed by atoms with Gasteiger partial charge in [0, 0.05) is 20.1 Å². The summed E-state index contributed by atoms with van der Waals surface area (Å²) >= 11 is 6.20.